The molecular weight excluding hydrogens is 270 g/mol. The van der Waals surface area contributed by atoms with Gasteiger partial charge in [0.05, 0.1) is 6.04 Å². The molecule has 1 heterocycles. The Labute approximate surface area is 125 Å². The molecule has 0 bridgehead atoms. The van der Waals surface area contributed by atoms with E-state index >= 15 is 0 Å². The quantitative estimate of drug-likeness (QED) is 0.809. The molecule has 1 aromatic heterocycles. The molecule has 0 radical (unpaired) electrons. The summed E-state index contributed by atoms with van der Waals surface area (Å²) in [6.07, 6.45) is 2.17. The Bertz CT molecular complexity index is 520. The molecule has 0 fully saturated rings. The highest BCUT2D eigenvalue weighted by Gasteiger charge is 2.33. The van der Waals surface area contributed by atoms with Gasteiger partial charge in [-0.25, -0.2) is 4.79 Å². The first-order valence-electron chi connectivity index (χ1n) is 7.41. The van der Waals surface area contributed by atoms with E-state index < -0.39 is 17.4 Å². The molecule has 1 aromatic rings. The zero-order valence-electron chi connectivity index (χ0n) is 13.4. The van der Waals surface area contributed by atoms with E-state index in [1.807, 2.05) is 11.6 Å². The van der Waals surface area contributed by atoms with E-state index in [-0.39, 0.29) is 11.7 Å². The third-order valence-electron chi connectivity index (χ3n) is 4.01. The molecule has 0 aliphatic rings. The highest BCUT2D eigenvalue weighted by Crippen LogP contribution is 2.18. The van der Waals surface area contributed by atoms with Crippen LogP contribution in [0.25, 0.3) is 0 Å². The van der Waals surface area contributed by atoms with E-state index in [0.29, 0.717) is 6.42 Å². The monoisotopic (exact) mass is 295 g/mol. The first-order chi connectivity index (χ1) is 9.78. The number of hydrogen-bond donors (Lipinski definition) is 2. The SMILES string of the molecule is CCC(CC)n1nc(C(=O)NC(C)(CC)C(=O)O)cc1C. The fraction of sp³-hybridized carbons (Fsp3) is 0.667. The average Bonchev–Trinajstić information content (AvgIpc) is 2.82. The van der Waals surface area contributed by atoms with Gasteiger partial charge in [-0.05, 0) is 39.2 Å². The zero-order chi connectivity index (χ0) is 16.2. The van der Waals surface area contributed by atoms with Crippen molar-refractivity contribution >= 4 is 11.9 Å². The standard InChI is InChI=1S/C15H25N3O3/c1-6-11(7-2)18-10(4)9-12(17-18)13(19)16-15(5,8-3)14(20)21/h9,11H,6-8H2,1-5H3,(H,16,19)(H,20,21). The minimum Gasteiger partial charge on any atom is -0.480 e. The fourth-order valence-corrected chi connectivity index (χ4v) is 2.21. The van der Waals surface area contributed by atoms with Gasteiger partial charge in [-0.3, -0.25) is 9.48 Å². The van der Waals surface area contributed by atoms with Crippen molar-refractivity contribution < 1.29 is 14.7 Å². The van der Waals surface area contributed by atoms with Gasteiger partial charge in [0.1, 0.15) is 11.2 Å². The number of carbonyl (C=O) groups excluding carboxylic acids is 1. The van der Waals surface area contributed by atoms with Crippen molar-refractivity contribution in [3.05, 3.63) is 17.5 Å². The van der Waals surface area contributed by atoms with Crippen LogP contribution in [0, 0.1) is 6.92 Å². The third kappa shape index (κ3) is 3.62. The summed E-state index contributed by atoms with van der Waals surface area (Å²) in [5.41, 5.74) is -0.105. The molecule has 0 aromatic carbocycles. The number of carboxylic acid groups (broad SMARTS) is 1. The summed E-state index contributed by atoms with van der Waals surface area (Å²) in [6.45, 7) is 9.28. The van der Waals surface area contributed by atoms with E-state index in [4.69, 9.17) is 0 Å². The number of amides is 1. The van der Waals surface area contributed by atoms with E-state index in [2.05, 4.69) is 24.3 Å². The second-order valence-electron chi connectivity index (χ2n) is 5.53. The number of aliphatic carboxylic acids is 1. The first kappa shape index (κ1) is 17.2. The maximum Gasteiger partial charge on any atom is 0.329 e. The molecule has 21 heavy (non-hydrogen) atoms. The predicted octanol–water partition coefficient (Wildman–Crippen LogP) is 2.54. The van der Waals surface area contributed by atoms with Crippen molar-refractivity contribution in [3.63, 3.8) is 0 Å². The number of hydrogen-bond acceptors (Lipinski definition) is 3. The van der Waals surface area contributed by atoms with Crippen LogP contribution in [0.2, 0.25) is 0 Å². The Morgan fingerprint density at radius 2 is 1.95 bits per heavy atom. The maximum atomic E-state index is 12.2. The molecule has 0 aliphatic carbocycles. The Balaban J connectivity index is 2.99. The molecule has 1 amide bonds. The van der Waals surface area contributed by atoms with Crippen LogP contribution in [-0.2, 0) is 4.79 Å². The van der Waals surface area contributed by atoms with Crippen molar-refractivity contribution in [2.24, 2.45) is 0 Å². The Hall–Kier alpha value is -1.85. The number of rotatable bonds is 7. The van der Waals surface area contributed by atoms with Crippen molar-refractivity contribution in [2.75, 3.05) is 0 Å². The lowest BCUT2D eigenvalue weighted by atomic mass is 9.99. The maximum absolute atomic E-state index is 12.2. The number of nitrogens with one attached hydrogen (secondary N) is 1. The molecular formula is C15H25N3O3. The van der Waals surface area contributed by atoms with E-state index in [0.717, 1.165) is 18.5 Å². The first-order valence-corrected chi connectivity index (χ1v) is 7.41. The highest BCUT2D eigenvalue weighted by atomic mass is 16.4. The molecule has 2 N–H and O–H groups in total. The summed E-state index contributed by atoms with van der Waals surface area (Å²) < 4.78 is 1.85. The number of aromatic nitrogens is 2. The van der Waals surface area contributed by atoms with Crippen LogP contribution < -0.4 is 5.32 Å². The fourth-order valence-electron chi connectivity index (χ4n) is 2.21. The molecule has 118 valence electrons. The van der Waals surface area contributed by atoms with Gasteiger partial charge in [-0.15, -0.1) is 0 Å². The summed E-state index contributed by atoms with van der Waals surface area (Å²) in [4.78, 5) is 23.5. The smallest absolute Gasteiger partial charge is 0.329 e. The average molecular weight is 295 g/mol. The van der Waals surface area contributed by atoms with Gasteiger partial charge in [-0.2, -0.15) is 5.10 Å². The van der Waals surface area contributed by atoms with Crippen molar-refractivity contribution in [1.82, 2.24) is 15.1 Å². The minimum atomic E-state index is -1.27. The van der Waals surface area contributed by atoms with Gasteiger partial charge in [0.2, 0.25) is 0 Å². The lowest BCUT2D eigenvalue weighted by molar-refractivity contribution is -0.143. The van der Waals surface area contributed by atoms with Crippen LogP contribution >= 0.6 is 0 Å². The van der Waals surface area contributed by atoms with E-state index in [9.17, 15) is 14.7 Å². The van der Waals surface area contributed by atoms with Gasteiger partial charge in [0, 0.05) is 5.69 Å². The van der Waals surface area contributed by atoms with Crippen LogP contribution in [0.4, 0.5) is 0 Å². The lowest BCUT2D eigenvalue weighted by Gasteiger charge is -2.23. The largest absolute Gasteiger partial charge is 0.480 e. The van der Waals surface area contributed by atoms with Crippen molar-refractivity contribution in [2.45, 2.75) is 65.5 Å². The molecule has 0 spiro atoms. The predicted molar refractivity (Wildman–Crippen MR) is 80.4 cm³/mol. The number of carboxylic acids is 1. The lowest BCUT2D eigenvalue weighted by Crippen LogP contribution is -2.51. The van der Waals surface area contributed by atoms with Crippen LogP contribution in [-0.4, -0.2) is 32.3 Å². The van der Waals surface area contributed by atoms with Gasteiger partial charge in [0.25, 0.3) is 5.91 Å². The second kappa shape index (κ2) is 6.74. The molecule has 6 nitrogen and oxygen atoms in total. The van der Waals surface area contributed by atoms with Crippen molar-refractivity contribution in [1.29, 1.82) is 0 Å². The van der Waals surface area contributed by atoms with E-state index in [1.54, 1.807) is 13.0 Å². The van der Waals surface area contributed by atoms with Crippen LogP contribution in [0.1, 0.15) is 69.2 Å². The topological polar surface area (TPSA) is 84.2 Å². The van der Waals surface area contributed by atoms with Crippen LogP contribution in [0.3, 0.4) is 0 Å². The summed E-state index contributed by atoms with van der Waals surface area (Å²) in [6, 6.07) is 1.95. The third-order valence-corrected chi connectivity index (χ3v) is 4.01. The van der Waals surface area contributed by atoms with Gasteiger partial charge >= 0.3 is 5.97 Å². The highest BCUT2D eigenvalue weighted by molar-refractivity contribution is 5.96. The van der Waals surface area contributed by atoms with Crippen LogP contribution in [0.5, 0.6) is 0 Å². The summed E-state index contributed by atoms with van der Waals surface area (Å²) in [7, 11) is 0. The van der Waals surface area contributed by atoms with Gasteiger partial charge in [0.15, 0.2) is 0 Å². The molecule has 0 saturated carbocycles. The molecule has 6 heteroatoms. The number of aryl methyl sites for hydroxylation is 1. The molecule has 0 saturated heterocycles. The number of nitrogens with zero attached hydrogens (tertiary/aromatic N) is 2. The summed E-state index contributed by atoms with van der Waals surface area (Å²) in [5.74, 6) is -1.50. The van der Waals surface area contributed by atoms with Gasteiger partial charge < -0.3 is 10.4 Å². The molecule has 1 atom stereocenters. The van der Waals surface area contributed by atoms with E-state index in [1.165, 1.54) is 6.92 Å². The Morgan fingerprint density at radius 3 is 2.38 bits per heavy atom. The second-order valence-corrected chi connectivity index (χ2v) is 5.53. The Morgan fingerprint density at radius 1 is 1.38 bits per heavy atom. The van der Waals surface area contributed by atoms with Gasteiger partial charge in [-0.1, -0.05) is 20.8 Å². The van der Waals surface area contributed by atoms with Crippen LogP contribution in [0.15, 0.2) is 6.07 Å². The molecule has 0 aliphatic heterocycles. The Kier molecular flexibility index (Phi) is 5.52. The normalized spacial score (nSPS) is 14.0. The zero-order valence-corrected chi connectivity index (χ0v) is 13.4. The molecule has 1 unspecified atom stereocenters. The van der Waals surface area contributed by atoms with Crippen molar-refractivity contribution in [3.8, 4) is 0 Å². The summed E-state index contributed by atoms with van der Waals surface area (Å²) in [5, 5.41) is 16.1. The minimum absolute atomic E-state index is 0.253. The summed E-state index contributed by atoms with van der Waals surface area (Å²) >= 11 is 0. The number of carbonyl (C=O) groups is 2. The molecule has 1 rings (SSSR count).